The lowest BCUT2D eigenvalue weighted by molar-refractivity contribution is -0.137. The summed E-state index contributed by atoms with van der Waals surface area (Å²) in [6.07, 6.45) is -2.56. The molecule has 1 aliphatic carbocycles. The zero-order valence-corrected chi connectivity index (χ0v) is 20.5. The van der Waals surface area contributed by atoms with E-state index < -0.39 is 17.8 Å². The Morgan fingerprint density at radius 3 is 2.66 bits per heavy atom. The van der Waals surface area contributed by atoms with Gasteiger partial charge in [-0.05, 0) is 29.8 Å². The van der Waals surface area contributed by atoms with Gasteiger partial charge in [-0.3, -0.25) is 10.2 Å². The van der Waals surface area contributed by atoms with E-state index in [1.807, 2.05) is 24.3 Å². The van der Waals surface area contributed by atoms with Crippen LogP contribution in [0.5, 0.6) is 0 Å². The highest BCUT2D eigenvalue weighted by molar-refractivity contribution is 7.19. The predicted octanol–water partition coefficient (Wildman–Crippen LogP) is 4.77. The van der Waals surface area contributed by atoms with Gasteiger partial charge >= 0.3 is 18.2 Å². The molecule has 6 rings (SSSR count). The number of carbonyl (C=O) groups excluding carboxylic acids is 2. The summed E-state index contributed by atoms with van der Waals surface area (Å²) >= 11 is 1.19. The van der Waals surface area contributed by atoms with Crippen LogP contribution in [-0.2, 0) is 19.1 Å². The number of benzene rings is 2. The molecule has 38 heavy (non-hydrogen) atoms. The molecule has 0 atom stereocenters. The SMILES string of the molecule is O=C(NCc1ccc(N2CCNC2=O)cc1)Nc1nc2c(s1)-c1c(cnn1-c1ccccc1C(F)(F)F)C2. The van der Waals surface area contributed by atoms with Gasteiger partial charge in [-0.25, -0.2) is 19.3 Å². The quantitative estimate of drug-likeness (QED) is 0.299. The largest absolute Gasteiger partial charge is 0.418 e. The van der Waals surface area contributed by atoms with E-state index in [-0.39, 0.29) is 18.3 Å². The van der Waals surface area contributed by atoms with Crippen LogP contribution in [0.1, 0.15) is 22.4 Å². The fourth-order valence-corrected chi connectivity index (χ4v) is 5.60. The van der Waals surface area contributed by atoms with Crippen molar-refractivity contribution in [2.24, 2.45) is 0 Å². The first-order valence-corrected chi connectivity index (χ1v) is 12.5. The van der Waals surface area contributed by atoms with E-state index >= 15 is 0 Å². The van der Waals surface area contributed by atoms with Gasteiger partial charge in [0.25, 0.3) is 0 Å². The van der Waals surface area contributed by atoms with Gasteiger partial charge in [-0.1, -0.05) is 35.6 Å². The molecule has 2 aromatic heterocycles. The molecular weight excluding hydrogens is 519 g/mol. The summed E-state index contributed by atoms with van der Waals surface area (Å²) in [5.41, 5.74) is 2.79. The summed E-state index contributed by atoms with van der Waals surface area (Å²) in [5.74, 6) is 0. The molecule has 4 amide bonds. The van der Waals surface area contributed by atoms with E-state index in [1.165, 1.54) is 34.2 Å². The van der Waals surface area contributed by atoms with Crippen LogP contribution in [0.4, 0.5) is 33.6 Å². The Morgan fingerprint density at radius 1 is 1.13 bits per heavy atom. The molecule has 0 radical (unpaired) electrons. The highest BCUT2D eigenvalue weighted by atomic mass is 32.1. The van der Waals surface area contributed by atoms with E-state index in [1.54, 1.807) is 11.1 Å². The van der Waals surface area contributed by atoms with E-state index in [0.717, 1.165) is 22.9 Å². The number of halogens is 3. The van der Waals surface area contributed by atoms with Crippen LogP contribution in [0.2, 0.25) is 0 Å². The number of thiazole rings is 1. The molecule has 3 heterocycles. The minimum absolute atomic E-state index is 0.0638. The van der Waals surface area contributed by atoms with Crippen LogP contribution in [-0.4, -0.2) is 39.9 Å². The number of carbonyl (C=O) groups is 2. The fraction of sp³-hybridized carbons (Fsp3) is 0.200. The third-order valence-corrected chi connectivity index (χ3v) is 7.35. The van der Waals surface area contributed by atoms with E-state index in [9.17, 15) is 22.8 Å². The van der Waals surface area contributed by atoms with Crippen molar-refractivity contribution >= 4 is 34.2 Å². The van der Waals surface area contributed by atoms with Crippen LogP contribution < -0.4 is 20.9 Å². The molecule has 1 saturated heterocycles. The van der Waals surface area contributed by atoms with E-state index in [2.05, 4.69) is 26.0 Å². The minimum atomic E-state index is -4.53. The zero-order chi connectivity index (χ0) is 26.4. The second-order valence-electron chi connectivity index (χ2n) is 8.77. The number of para-hydroxylation sites is 1. The molecule has 0 spiro atoms. The van der Waals surface area contributed by atoms with Crippen LogP contribution in [0, 0.1) is 0 Å². The number of amides is 4. The molecule has 0 saturated carbocycles. The topological polar surface area (TPSA) is 104 Å². The summed E-state index contributed by atoms with van der Waals surface area (Å²) in [4.78, 5) is 31.1. The van der Waals surface area contributed by atoms with Crippen molar-refractivity contribution in [1.29, 1.82) is 0 Å². The van der Waals surface area contributed by atoms with Crippen LogP contribution in [0.15, 0.2) is 54.7 Å². The maximum absolute atomic E-state index is 13.6. The Balaban J connectivity index is 1.14. The molecule has 1 aliphatic heterocycles. The monoisotopic (exact) mass is 539 g/mol. The standard InChI is InChI=1S/C25H20F3N7O2S/c26-25(27,28)17-3-1-2-4-19(17)35-20-15(13-31-35)11-18-21(20)38-23(32-18)33-22(36)30-12-14-5-7-16(8-6-14)34-10-9-29-24(34)37/h1-8,13H,9-12H2,(H,29,37)(H2,30,32,33,36). The first-order chi connectivity index (χ1) is 18.3. The van der Waals surface area contributed by atoms with Crippen molar-refractivity contribution in [3.05, 3.63) is 77.1 Å². The van der Waals surface area contributed by atoms with Crippen LogP contribution in [0.3, 0.4) is 0 Å². The number of urea groups is 2. The van der Waals surface area contributed by atoms with Crippen LogP contribution in [0.25, 0.3) is 16.3 Å². The molecule has 3 N–H and O–H groups in total. The number of aromatic nitrogens is 3. The third kappa shape index (κ3) is 4.34. The average molecular weight is 540 g/mol. The number of fused-ring (bicyclic) bond motifs is 3. The number of anilines is 2. The lowest BCUT2D eigenvalue weighted by Gasteiger charge is -2.14. The normalized spacial score (nSPS) is 14.3. The van der Waals surface area contributed by atoms with Crippen molar-refractivity contribution in [3.8, 4) is 16.3 Å². The van der Waals surface area contributed by atoms with Crippen molar-refractivity contribution < 1.29 is 22.8 Å². The Labute approximate surface area is 218 Å². The Morgan fingerprint density at radius 2 is 1.92 bits per heavy atom. The Kier molecular flexibility index (Phi) is 5.79. The van der Waals surface area contributed by atoms with Gasteiger partial charge in [0, 0.05) is 37.3 Å². The van der Waals surface area contributed by atoms with Crippen molar-refractivity contribution in [2.45, 2.75) is 19.1 Å². The summed E-state index contributed by atoms with van der Waals surface area (Å²) in [5, 5.41) is 12.8. The second-order valence-corrected chi connectivity index (χ2v) is 9.77. The summed E-state index contributed by atoms with van der Waals surface area (Å²) < 4.78 is 42.1. The van der Waals surface area contributed by atoms with Crippen molar-refractivity contribution in [1.82, 2.24) is 25.4 Å². The average Bonchev–Trinajstić information content (AvgIpc) is 3.65. The maximum atomic E-state index is 13.6. The van der Waals surface area contributed by atoms with Gasteiger partial charge in [0.05, 0.1) is 33.7 Å². The number of alkyl halides is 3. The van der Waals surface area contributed by atoms with E-state index in [0.29, 0.717) is 40.9 Å². The fourth-order valence-electron chi connectivity index (χ4n) is 4.56. The Hall–Kier alpha value is -4.39. The number of nitrogens with zero attached hydrogens (tertiary/aromatic N) is 4. The lowest BCUT2D eigenvalue weighted by atomic mass is 10.1. The van der Waals surface area contributed by atoms with Gasteiger partial charge in [-0.2, -0.15) is 18.3 Å². The van der Waals surface area contributed by atoms with Gasteiger partial charge < -0.3 is 10.6 Å². The molecule has 1 fully saturated rings. The van der Waals surface area contributed by atoms with Gasteiger partial charge in [0.1, 0.15) is 0 Å². The highest BCUT2D eigenvalue weighted by Crippen LogP contribution is 2.44. The molecule has 2 aliphatic rings. The minimum Gasteiger partial charge on any atom is -0.336 e. The van der Waals surface area contributed by atoms with Gasteiger partial charge in [0.2, 0.25) is 0 Å². The molecule has 13 heteroatoms. The molecule has 4 aromatic rings. The first-order valence-electron chi connectivity index (χ1n) is 11.7. The van der Waals surface area contributed by atoms with Crippen molar-refractivity contribution in [3.63, 3.8) is 0 Å². The summed E-state index contributed by atoms with van der Waals surface area (Å²) in [6.45, 7) is 1.47. The maximum Gasteiger partial charge on any atom is 0.418 e. The van der Waals surface area contributed by atoms with Crippen molar-refractivity contribution in [2.75, 3.05) is 23.3 Å². The Bertz CT molecular complexity index is 1550. The van der Waals surface area contributed by atoms with Gasteiger partial charge in [0.15, 0.2) is 5.13 Å². The number of hydrogen-bond donors (Lipinski definition) is 3. The number of nitrogens with one attached hydrogen (secondary N) is 3. The lowest BCUT2D eigenvalue weighted by Crippen LogP contribution is -2.28. The zero-order valence-electron chi connectivity index (χ0n) is 19.7. The molecular formula is C25H20F3N7O2S. The number of rotatable bonds is 5. The van der Waals surface area contributed by atoms with Crippen LogP contribution >= 0.6 is 11.3 Å². The second kappa shape index (κ2) is 9.17. The molecule has 194 valence electrons. The number of hydrogen-bond acceptors (Lipinski definition) is 5. The third-order valence-electron chi connectivity index (χ3n) is 6.33. The smallest absolute Gasteiger partial charge is 0.336 e. The molecule has 0 bridgehead atoms. The van der Waals surface area contributed by atoms with E-state index in [4.69, 9.17) is 0 Å². The molecule has 0 unspecified atom stereocenters. The highest BCUT2D eigenvalue weighted by Gasteiger charge is 2.36. The molecule has 9 nitrogen and oxygen atoms in total. The predicted molar refractivity (Wildman–Crippen MR) is 136 cm³/mol. The first kappa shape index (κ1) is 24.0. The van der Waals surface area contributed by atoms with Gasteiger partial charge in [-0.15, -0.1) is 0 Å². The summed E-state index contributed by atoms with van der Waals surface area (Å²) in [6, 6.07) is 12.0. The summed E-state index contributed by atoms with van der Waals surface area (Å²) in [7, 11) is 0. The molecule has 2 aromatic carbocycles.